The lowest BCUT2D eigenvalue weighted by atomic mass is 10.1. The van der Waals surface area contributed by atoms with Gasteiger partial charge in [-0.2, -0.15) is 5.10 Å². The van der Waals surface area contributed by atoms with Crippen molar-refractivity contribution in [2.45, 2.75) is 38.0 Å². The number of aliphatic hydroxyl groups is 1. The van der Waals surface area contributed by atoms with Gasteiger partial charge in [-0.05, 0) is 44.8 Å². The normalized spacial score (nSPS) is 20.0. The average molecular weight is 591 g/mol. The third kappa shape index (κ3) is 10.3. The van der Waals surface area contributed by atoms with E-state index in [-0.39, 0.29) is 5.56 Å². The molecule has 2 fully saturated rings. The summed E-state index contributed by atoms with van der Waals surface area (Å²) in [6.45, 7) is 10.4. The summed E-state index contributed by atoms with van der Waals surface area (Å²) in [6, 6.07) is 4.73. The first-order valence-corrected chi connectivity index (χ1v) is 15.1. The minimum absolute atomic E-state index is 0.342. The lowest BCUT2D eigenvalue weighted by Crippen LogP contribution is -2.47. The second-order valence-corrected chi connectivity index (χ2v) is 10.5. The summed E-state index contributed by atoms with van der Waals surface area (Å²) < 4.78 is 23.6. The molecule has 13 heteroatoms. The fourth-order valence-electron chi connectivity index (χ4n) is 5.13. The van der Waals surface area contributed by atoms with Crippen LogP contribution in [0, 0.1) is 0 Å². The van der Waals surface area contributed by atoms with Crippen molar-refractivity contribution in [1.29, 1.82) is 0 Å². The van der Waals surface area contributed by atoms with E-state index in [1.165, 1.54) is 17.6 Å². The number of hydrogen-bond donors (Lipinski definition) is 4. The molecule has 3 heterocycles. The zero-order chi connectivity index (χ0) is 29.4. The second kappa shape index (κ2) is 18.1. The van der Waals surface area contributed by atoms with Crippen LogP contribution in [0.1, 0.15) is 31.7 Å². The molecule has 1 aromatic heterocycles. The van der Waals surface area contributed by atoms with Crippen LogP contribution in [0.3, 0.4) is 0 Å². The Balaban J connectivity index is 1.03. The van der Waals surface area contributed by atoms with Crippen molar-refractivity contribution in [3.8, 4) is 0 Å². The summed E-state index contributed by atoms with van der Waals surface area (Å²) >= 11 is 0. The van der Waals surface area contributed by atoms with Crippen LogP contribution >= 0.6 is 0 Å². The predicted octanol–water partition coefficient (Wildman–Crippen LogP) is 0.330. The summed E-state index contributed by atoms with van der Waals surface area (Å²) in [4.78, 5) is 28.1. The first-order chi connectivity index (χ1) is 20.6. The highest BCUT2D eigenvalue weighted by atomic mass is 16.6. The van der Waals surface area contributed by atoms with Gasteiger partial charge in [-0.15, -0.1) is 0 Å². The first kappa shape index (κ1) is 32.3. The SMILES string of the molecule is O=C1NC(O)CCC1n1ncc2cccc(NCCOCCOCCOCCOCCCN3CCCNCC3)c2c1=O. The number of fused-ring (bicyclic) bond motifs is 1. The van der Waals surface area contributed by atoms with Crippen molar-refractivity contribution < 1.29 is 28.8 Å². The predicted molar refractivity (Wildman–Crippen MR) is 159 cm³/mol. The smallest absolute Gasteiger partial charge is 0.277 e. The van der Waals surface area contributed by atoms with Crippen LogP contribution in [0.4, 0.5) is 5.69 Å². The molecule has 13 nitrogen and oxygen atoms in total. The van der Waals surface area contributed by atoms with Gasteiger partial charge in [0.1, 0.15) is 12.3 Å². The molecule has 4 rings (SSSR count). The van der Waals surface area contributed by atoms with E-state index in [1.54, 1.807) is 6.20 Å². The third-order valence-corrected chi connectivity index (χ3v) is 7.33. The summed E-state index contributed by atoms with van der Waals surface area (Å²) in [5.74, 6) is -0.410. The minimum atomic E-state index is -0.891. The van der Waals surface area contributed by atoms with Gasteiger partial charge in [-0.3, -0.25) is 9.59 Å². The van der Waals surface area contributed by atoms with Crippen LogP contribution < -0.4 is 21.5 Å². The topological polar surface area (TPSA) is 148 Å². The number of piperidine rings is 1. The van der Waals surface area contributed by atoms with E-state index in [4.69, 9.17) is 18.9 Å². The summed E-state index contributed by atoms with van der Waals surface area (Å²) in [5.41, 5.74) is 0.303. The van der Waals surface area contributed by atoms with Gasteiger partial charge >= 0.3 is 0 Å². The molecule has 0 bridgehead atoms. The number of benzene rings is 1. The molecule has 2 saturated heterocycles. The minimum Gasteiger partial charge on any atom is -0.382 e. The number of anilines is 1. The molecule has 42 heavy (non-hydrogen) atoms. The summed E-state index contributed by atoms with van der Waals surface area (Å²) in [5, 5.41) is 24.2. The van der Waals surface area contributed by atoms with E-state index in [9.17, 15) is 14.7 Å². The fourth-order valence-corrected chi connectivity index (χ4v) is 5.13. The van der Waals surface area contributed by atoms with E-state index in [2.05, 4.69) is 25.9 Å². The molecule has 2 aromatic rings. The molecule has 234 valence electrons. The van der Waals surface area contributed by atoms with Crippen molar-refractivity contribution in [1.82, 2.24) is 25.3 Å². The number of nitrogens with zero attached hydrogens (tertiary/aromatic N) is 3. The Morgan fingerprint density at radius 2 is 1.67 bits per heavy atom. The molecule has 0 aliphatic carbocycles. The third-order valence-electron chi connectivity index (χ3n) is 7.33. The average Bonchev–Trinajstić information content (AvgIpc) is 3.26. The summed E-state index contributed by atoms with van der Waals surface area (Å²) in [7, 11) is 0. The molecule has 0 saturated carbocycles. The van der Waals surface area contributed by atoms with E-state index in [0.717, 1.165) is 39.2 Å². The number of ether oxygens (including phenoxy) is 4. The standard InChI is InChI=1S/C29H46N6O7/c36-26-7-6-25(28(37)33-26)35-29(38)27-23(22-32-35)4-1-5-24(27)31-10-15-40-17-19-42-21-20-41-18-16-39-14-3-12-34-11-2-8-30-9-13-34/h1,4-5,22,25-26,30-31,36H,2-3,6-21H2,(H,33,37). The molecular formula is C29H46N6O7. The zero-order valence-corrected chi connectivity index (χ0v) is 24.4. The quantitative estimate of drug-likeness (QED) is 0.178. The molecule has 0 spiro atoms. The van der Waals surface area contributed by atoms with Crippen LogP contribution in [-0.2, 0) is 23.7 Å². The molecule has 1 amide bonds. The second-order valence-electron chi connectivity index (χ2n) is 10.5. The van der Waals surface area contributed by atoms with Crippen molar-refractivity contribution in [2.24, 2.45) is 0 Å². The molecule has 2 aliphatic rings. The van der Waals surface area contributed by atoms with Crippen LogP contribution in [0.15, 0.2) is 29.2 Å². The molecule has 2 atom stereocenters. The van der Waals surface area contributed by atoms with Gasteiger partial charge in [0.2, 0.25) is 5.91 Å². The van der Waals surface area contributed by atoms with Crippen molar-refractivity contribution >= 4 is 22.4 Å². The number of carbonyl (C=O) groups is 1. The van der Waals surface area contributed by atoms with E-state index in [1.807, 2.05) is 18.2 Å². The van der Waals surface area contributed by atoms with Crippen LogP contribution in [-0.4, -0.2) is 124 Å². The monoisotopic (exact) mass is 590 g/mol. The van der Waals surface area contributed by atoms with E-state index >= 15 is 0 Å². The van der Waals surface area contributed by atoms with Crippen molar-refractivity contribution in [3.05, 3.63) is 34.7 Å². The van der Waals surface area contributed by atoms with Crippen molar-refractivity contribution in [2.75, 3.05) is 97.4 Å². The summed E-state index contributed by atoms with van der Waals surface area (Å²) in [6.07, 6.45) is 3.66. The van der Waals surface area contributed by atoms with Crippen LogP contribution in [0.2, 0.25) is 0 Å². The molecule has 0 radical (unpaired) electrons. The molecular weight excluding hydrogens is 544 g/mol. The molecule has 1 aromatic carbocycles. The molecule has 2 unspecified atom stereocenters. The number of nitrogens with one attached hydrogen (secondary N) is 3. The maximum Gasteiger partial charge on any atom is 0.277 e. The Kier molecular flexibility index (Phi) is 13.9. The van der Waals surface area contributed by atoms with Gasteiger partial charge in [0.05, 0.1) is 57.8 Å². The number of rotatable bonds is 18. The van der Waals surface area contributed by atoms with Gasteiger partial charge < -0.3 is 44.9 Å². The first-order valence-electron chi connectivity index (χ1n) is 15.1. The lowest BCUT2D eigenvalue weighted by Gasteiger charge is -2.26. The Labute approximate surface area is 246 Å². The lowest BCUT2D eigenvalue weighted by molar-refractivity contribution is -0.131. The van der Waals surface area contributed by atoms with Gasteiger partial charge in [0.15, 0.2) is 0 Å². The maximum atomic E-state index is 13.2. The van der Waals surface area contributed by atoms with Gasteiger partial charge in [0.25, 0.3) is 5.56 Å². The number of aromatic nitrogens is 2. The van der Waals surface area contributed by atoms with Gasteiger partial charge in [0, 0.05) is 43.9 Å². The van der Waals surface area contributed by atoms with Crippen LogP contribution in [0.5, 0.6) is 0 Å². The molecule has 4 N–H and O–H groups in total. The Morgan fingerprint density at radius 1 is 0.929 bits per heavy atom. The van der Waals surface area contributed by atoms with E-state index < -0.39 is 18.2 Å². The Morgan fingerprint density at radius 3 is 2.43 bits per heavy atom. The maximum absolute atomic E-state index is 13.2. The molecule has 2 aliphatic heterocycles. The highest BCUT2D eigenvalue weighted by Crippen LogP contribution is 2.22. The van der Waals surface area contributed by atoms with Gasteiger partial charge in [-0.1, -0.05) is 12.1 Å². The van der Waals surface area contributed by atoms with Gasteiger partial charge in [-0.25, -0.2) is 4.68 Å². The largest absolute Gasteiger partial charge is 0.382 e. The fraction of sp³-hybridized carbons (Fsp3) is 0.690. The number of aliphatic hydroxyl groups excluding tert-OH is 1. The number of hydrogen-bond acceptors (Lipinski definition) is 11. The number of carbonyl (C=O) groups excluding carboxylic acids is 1. The van der Waals surface area contributed by atoms with Crippen molar-refractivity contribution in [3.63, 3.8) is 0 Å². The Hall–Kier alpha value is -2.65. The Bertz CT molecular complexity index is 1140. The van der Waals surface area contributed by atoms with Crippen LogP contribution in [0.25, 0.3) is 10.8 Å². The zero-order valence-electron chi connectivity index (χ0n) is 24.4. The number of amides is 1. The highest BCUT2D eigenvalue weighted by molar-refractivity contribution is 5.93. The van der Waals surface area contributed by atoms with E-state index in [0.29, 0.717) is 82.1 Å². The highest BCUT2D eigenvalue weighted by Gasteiger charge is 2.30.